The highest BCUT2D eigenvalue weighted by atomic mass is 32.2. The Balaban J connectivity index is 1.64. The van der Waals surface area contributed by atoms with Crippen molar-refractivity contribution < 1.29 is 9.59 Å². The second-order valence-corrected chi connectivity index (χ2v) is 8.25. The fourth-order valence-corrected chi connectivity index (χ4v) is 4.51. The van der Waals surface area contributed by atoms with Gasteiger partial charge in [0.15, 0.2) is 0 Å². The van der Waals surface area contributed by atoms with Crippen molar-refractivity contribution in [3.63, 3.8) is 0 Å². The fraction of sp³-hybridized carbons (Fsp3) is 0.250. The first kappa shape index (κ1) is 19.5. The van der Waals surface area contributed by atoms with Crippen LogP contribution in [0.15, 0.2) is 65.7 Å². The second kappa shape index (κ2) is 8.70. The highest BCUT2D eigenvalue weighted by molar-refractivity contribution is 8.18. The molecule has 0 N–H and O–H groups in total. The summed E-state index contributed by atoms with van der Waals surface area (Å²) >= 11 is 1.05. The lowest BCUT2D eigenvalue weighted by Crippen LogP contribution is -2.29. The molecule has 0 aliphatic carbocycles. The zero-order valence-electron chi connectivity index (χ0n) is 16.5. The van der Waals surface area contributed by atoms with Gasteiger partial charge in [-0.1, -0.05) is 68.3 Å². The first-order chi connectivity index (χ1) is 14.2. The van der Waals surface area contributed by atoms with Crippen molar-refractivity contribution in [2.75, 3.05) is 6.54 Å². The van der Waals surface area contributed by atoms with Gasteiger partial charge in [-0.15, -0.1) is 0 Å². The Labute approximate surface area is 175 Å². The summed E-state index contributed by atoms with van der Waals surface area (Å²) in [5.41, 5.74) is 3.30. The average molecular weight is 405 g/mol. The van der Waals surface area contributed by atoms with Crippen molar-refractivity contribution in [3.05, 3.63) is 76.8 Å². The Morgan fingerprint density at radius 1 is 0.966 bits per heavy atom. The molecular formula is C24H24N2O2S. The Bertz CT molecular complexity index is 1070. The van der Waals surface area contributed by atoms with Crippen LogP contribution in [0.3, 0.4) is 0 Å². The molecule has 4 rings (SSSR count). The standard InChI is InChI=1S/C24H24N2O2S/c1-2-3-9-14-26-23(27)22(29-24(26)28)15-19-17-25(16-18-10-5-4-6-11-18)21-13-8-7-12-20(19)21/h4-8,10-13,15,17H,2-3,9,14,16H2,1H3/b22-15-. The molecule has 5 heteroatoms. The molecule has 3 aromatic rings. The zero-order chi connectivity index (χ0) is 20.2. The molecule has 29 heavy (non-hydrogen) atoms. The first-order valence-electron chi connectivity index (χ1n) is 10.0. The van der Waals surface area contributed by atoms with Gasteiger partial charge in [-0.05, 0) is 35.9 Å². The molecule has 1 aliphatic heterocycles. The summed E-state index contributed by atoms with van der Waals surface area (Å²) in [6.07, 6.45) is 6.89. The Kier molecular flexibility index (Phi) is 5.86. The summed E-state index contributed by atoms with van der Waals surface area (Å²) in [5, 5.41) is 0.923. The average Bonchev–Trinajstić information content (AvgIpc) is 3.21. The van der Waals surface area contributed by atoms with Crippen LogP contribution in [0.25, 0.3) is 17.0 Å². The number of fused-ring (bicyclic) bond motifs is 1. The molecule has 0 unspecified atom stereocenters. The Morgan fingerprint density at radius 3 is 2.52 bits per heavy atom. The van der Waals surface area contributed by atoms with E-state index < -0.39 is 0 Å². The van der Waals surface area contributed by atoms with Crippen LogP contribution >= 0.6 is 11.8 Å². The predicted octanol–water partition coefficient (Wildman–Crippen LogP) is 5.92. The van der Waals surface area contributed by atoms with Crippen LogP contribution in [-0.4, -0.2) is 27.2 Å². The van der Waals surface area contributed by atoms with E-state index >= 15 is 0 Å². The number of imide groups is 1. The molecule has 2 amide bonds. The van der Waals surface area contributed by atoms with Gasteiger partial charge in [0.25, 0.3) is 11.1 Å². The third-order valence-electron chi connectivity index (χ3n) is 5.16. The molecule has 148 valence electrons. The maximum atomic E-state index is 12.8. The first-order valence-corrected chi connectivity index (χ1v) is 10.9. The van der Waals surface area contributed by atoms with E-state index in [4.69, 9.17) is 0 Å². The minimum absolute atomic E-state index is 0.162. The maximum Gasteiger partial charge on any atom is 0.293 e. The van der Waals surface area contributed by atoms with Crippen molar-refractivity contribution in [2.45, 2.75) is 32.7 Å². The Morgan fingerprint density at radius 2 is 1.72 bits per heavy atom. The number of thioether (sulfide) groups is 1. The number of amides is 2. The third-order valence-corrected chi connectivity index (χ3v) is 6.07. The van der Waals surface area contributed by atoms with Gasteiger partial charge in [0.2, 0.25) is 0 Å². The molecule has 0 atom stereocenters. The van der Waals surface area contributed by atoms with Crippen molar-refractivity contribution in [3.8, 4) is 0 Å². The monoisotopic (exact) mass is 404 g/mol. The number of para-hydroxylation sites is 1. The summed E-state index contributed by atoms with van der Waals surface area (Å²) in [7, 11) is 0. The van der Waals surface area contributed by atoms with Crippen LogP contribution in [0.5, 0.6) is 0 Å². The zero-order valence-corrected chi connectivity index (χ0v) is 17.3. The maximum absolute atomic E-state index is 12.8. The number of rotatable bonds is 7. The highest BCUT2D eigenvalue weighted by Crippen LogP contribution is 2.34. The number of carbonyl (C=O) groups excluding carboxylic acids is 2. The van der Waals surface area contributed by atoms with Crippen LogP contribution in [0, 0.1) is 0 Å². The molecule has 1 fully saturated rings. The number of nitrogens with zero attached hydrogens (tertiary/aromatic N) is 2. The van der Waals surface area contributed by atoms with Gasteiger partial charge in [-0.2, -0.15) is 0 Å². The smallest absolute Gasteiger partial charge is 0.293 e. The molecule has 0 bridgehead atoms. The quantitative estimate of drug-likeness (QED) is 0.363. The van der Waals surface area contributed by atoms with Gasteiger partial charge in [0, 0.05) is 35.8 Å². The second-order valence-electron chi connectivity index (χ2n) is 7.26. The number of unbranched alkanes of at least 4 members (excludes halogenated alkanes) is 2. The van der Waals surface area contributed by atoms with E-state index in [0.717, 1.165) is 54.0 Å². The van der Waals surface area contributed by atoms with Crippen LogP contribution < -0.4 is 0 Å². The summed E-state index contributed by atoms with van der Waals surface area (Å²) in [6.45, 7) is 3.37. The normalized spacial score (nSPS) is 15.8. The van der Waals surface area contributed by atoms with Crippen LogP contribution in [-0.2, 0) is 11.3 Å². The SMILES string of the molecule is CCCCCN1C(=O)S/C(=C\c2cn(Cc3ccccc3)c3ccccc23)C1=O. The highest BCUT2D eigenvalue weighted by Gasteiger charge is 2.34. The lowest BCUT2D eigenvalue weighted by Gasteiger charge is -2.11. The van der Waals surface area contributed by atoms with Crippen molar-refractivity contribution in [1.29, 1.82) is 0 Å². The van der Waals surface area contributed by atoms with E-state index in [0.29, 0.717) is 11.4 Å². The number of hydrogen-bond acceptors (Lipinski definition) is 3. The van der Waals surface area contributed by atoms with E-state index in [9.17, 15) is 9.59 Å². The minimum Gasteiger partial charge on any atom is -0.342 e. The molecule has 0 spiro atoms. The molecule has 0 saturated carbocycles. The minimum atomic E-state index is -0.170. The van der Waals surface area contributed by atoms with Crippen LogP contribution in [0.2, 0.25) is 0 Å². The van der Waals surface area contributed by atoms with E-state index in [1.54, 1.807) is 0 Å². The molecule has 4 nitrogen and oxygen atoms in total. The summed E-state index contributed by atoms with van der Waals surface area (Å²) in [6, 6.07) is 18.5. The number of hydrogen-bond donors (Lipinski definition) is 0. The van der Waals surface area contributed by atoms with E-state index in [-0.39, 0.29) is 11.1 Å². The molecule has 1 saturated heterocycles. The van der Waals surface area contributed by atoms with Crippen molar-refractivity contribution in [1.82, 2.24) is 9.47 Å². The van der Waals surface area contributed by atoms with Gasteiger partial charge in [0.1, 0.15) is 0 Å². The van der Waals surface area contributed by atoms with Crippen molar-refractivity contribution >= 4 is 39.9 Å². The summed E-state index contributed by atoms with van der Waals surface area (Å²) in [4.78, 5) is 27.0. The number of carbonyl (C=O) groups is 2. The summed E-state index contributed by atoms with van der Waals surface area (Å²) in [5.74, 6) is -0.170. The van der Waals surface area contributed by atoms with Gasteiger partial charge < -0.3 is 4.57 Å². The topological polar surface area (TPSA) is 42.3 Å². The predicted molar refractivity (Wildman–Crippen MR) is 120 cm³/mol. The molecule has 2 heterocycles. The third kappa shape index (κ3) is 4.15. The molecular weight excluding hydrogens is 380 g/mol. The lowest BCUT2D eigenvalue weighted by atomic mass is 10.1. The van der Waals surface area contributed by atoms with Gasteiger partial charge >= 0.3 is 0 Å². The molecule has 1 aliphatic rings. The van der Waals surface area contributed by atoms with E-state index in [2.05, 4.69) is 42.0 Å². The molecule has 1 aromatic heterocycles. The van der Waals surface area contributed by atoms with Crippen LogP contribution in [0.4, 0.5) is 4.79 Å². The van der Waals surface area contributed by atoms with Gasteiger partial charge in [-0.3, -0.25) is 14.5 Å². The van der Waals surface area contributed by atoms with Crippen molar-refractivity contribution in [2.24, 2.45) is 0 Å². The van der Waals surface area contributed by atoms with E-state index in [1.807, 2.05) is 36.4 Å². The summed E-state index contributed by atoms with van der Waals surface area (Å²) < 4.78 is 2.20. The van der Waals surface area contributed by atoms with Gasteiger partial charge in [0.05, 0.1) is 4.91 Å². The number of benzene rings is 2. The fourth-order valence-electron chi connectivity index (χ4n) is 3.66. The Hall–Kier alpha value is -2.79. The number of aromatic nitrogens is 1. The van der Waals surface area contributed by atoms with E-state index in [1.165, 1.54) is 10.5 Å². The lowest BCUT2D eigenvalue weighted by molar-refractivity contribution is -0.122. The van der Waals surface area contributed by atoms with Gasteiger partial charge in [-0.25, -0.2) is 0 Å². The molecule has 0 radical (unpaired) electrons. The molecule has 2 aromatic carbocycles. The van der Waals surface area contributed by atoms with Crippen LogP contribution in [0.1, 0.15) is 37.3 Å². The largest absolute Gasteiger partial charge is 0.342 e.